The Hall–Kier alpha value is -3.59. The minimum Gasteiger partial charge on any atom is -0.381 e. The quantitative estimate of drug-likeness (QED) is 0.538. The van der Waals surface area contributed by atoms with Crippen LogP contribution < -0.4 is 5.73 Å². The molecule has 9 heteroatoms. The summed E-state index contributed by atoms with van der Waals surface area (Å²) in [5, 5.41) is 8.77. The maximum Gasteiger partial charge on any atom is 0.276 e. The van der Waals surface area contributed by atoms with Crippen LogP contribution in [0.5, 0.6) is 0 Å². The van der Waals surface area contributed by atoms with Gasteiger partial charge < -0.3 is 15.0 Å². The Morgan fingerprint density at radius 1 is 1.03 bits per heavy atom. The van der Waals surface area contributed by atoms with Crippen molar-refractivity contribution < 1.29 is 9.26 Å². The molecule has 0 bridgehead atoms. The molecule has 1 saturated heterocycles. The van der Waals surface area contributed by atoms with E-state index < -0.39 is 0 Å². The van der Waals surface area contributed by atoms with Crippen molar-refractivity contribution in [3.8, 4) is 22.7 Å². The minimum atomic E-state index is -0.371. The largest absolute Gasteiger partial charge is 0.381 e. The van der Waals surface area contributed by atoms with E-state index in [0.717, 1.165) is 40.9 Å². The normalized spacial score (nSPS) is 15.8. The molecule has 1 fully saturated rings. The average Bonchev–Trinajstić information content (AvgIpc) is 3.41. The number of aromatic nitrogens is 6. The van der Waals surface area contributed by atoms with E-state index in [1.165, 1.54) is 0 Å². The summed E-state index contributed by atoms with van der Waals surface area (Å²) in [4.78, 5) is 12.9. The fraction of sp³-hybridized carbons (Fsp3) is 0.318. The smallest absolute Gasteiger partial charge is 0.276 e. The van der Waals surface area contributed by atoms with Crippen molar-refractivity contribution in [2.45, 2.75) is 25.2 Å². The Kier molecular flexibility index (Phi) is 4.74. The van der Waals surface area contributed by atoms with Gasteiger partial charge in [0.2, 0.25) is 5.95 Å². The summed E-state index contributed by atoms with van der Waals surface area (Å²) in [5.74, 6) is 1.41. The Labute approximate surface area is 179 Å². The SMILES string of the molecule is Cc1cc(-c2nc(C3(c4ccc(-c5cnc(N)nc5)cc4)CCOCC3)no2)n(C)n1. The molecule has 0 saturated carbocycles. The maximum atomic E-state index is 5.66. The molecule has 0 atom stereocenters. The predicted molar refractivity (Wildman–Crippen MR) is 114 cm³/mol. The van der Waals surface area contributed by atoms with Crippen molar-refractivity contribution in [1.29, 1.82) is 0 Å². The molecule has 2 N–H and O–H groups in total. The first-order chi connectivity index (χ1) is 15.0. The second-order valence-corrected chi connectivity index (χ2v) is 7.82. The number of ether oxygens (including phenoxy) is 1. The number of nitrogens with zero attached hydrogens (tertiary/aromatic N) is 6. The van der Waals surface area contributed by atoms with Crippen LogP contribution in [-0.4, -0.2) is 43.1 Å². The number of rotatable bonds is 4. The van der Waals surface area contributed by atoms with E-state index in [9.17, 15) is 0 Å². The fourth-order valence-electron chi connectivity index (χ4n) is 4.16. The zero-order valence-electron chi connectivity index (χ0n) is 17.4. The highest BCUT2D eigenvalue weighted by Crippen LogP contribution is 2.41. The summed E-state index contributed by atoms with van der Waals surface area (Å²) in [5.41, 5.74) is 10.00. The van der Waals surface area contributed by atoms with Gasteiger partial charge in [-0.2, -0.15) is 10.1 Å². The van der Waals surface area contributed by atoms with Crippen LogP contribution in [0.4, 0.5) is 5.95 Å². The van der Waals surface area contributed by atoms with Crippen LogP contribution in [0.3, 0.4) is 0 Å². The Morgan fingerprint density at radius 3 is 2.39 bits per heavy atom. The van der Waals surface area contributed by atoms with Gasteiger partial charge in [-0.1, -0.05) is 29.4 Å². The van der Waals surface area contributed by atoms with Gasteiger partial charge in [0.25, 0.3) is 5.89 Å². The molecule has 0 unspecified atom stereocenters. The molecule has 1 aliphatic rings. The molecule has 158 valence electrons. The van der Waals surface area contributed by atoms with Crippen LogP contribution in [0.1, 0.15) is 29.9 Å². The second-order valence-electron chi connectivity index (χ2n) is 7.82. The summed E-state index contributed by atoms with van der Waals surface area (Å²) >= 11 is 0. The second kappa shape index (κ2) is 7.59. The number of nitrogens with two attached hydrogens (primary N) is 1. The third-order valence-electron chi connectivity index (χ3n) is 5.86. The Morgan fingerprint density at radius 2 is 1.74 bits per heavy atom. The Bertz CT molecular complexity index is 1190. The molecule has 4 heterocycles. The van der Waals surface area contributed by atoms with E-state index >= 15 is 0 Å². The molecule has 3 aromatic heterocycles. The van der Waals surface area contributed by atoms with Crippen LogP contribution >= 0.6 is 0 Å². The number of anilines is 1. The zero-order chi connectivity index (χ0) is 21.4. The molecule has 1 aliphatic heterocycles. The highest BCUT2D eigenvalue weighted by molar-refractivity contribution is 5.62. The lowest BCUT2D eigenvalue weighted by molar-refractivity contribution is 0.0597. The van der Waals surface area contributed by atoms with Gasteiger partial charge >= 0.3 is 0 Å². The highest BCUT2D eigenvalue weighted by Gasteiger charge is 2.41. The first-order valence-corrected chi connectivity index (χ1v) is 10.2. The number of hydrogen-bond donors (Lipinski definition) is 1. The first-order valence-electron chi connectivity index (χ1n) is 10.2. The lowest BCUT2D eigenvalue weighted by Gasteiger charge is -2.35. The van der Waals surface area contributed by atoms with Crippen molar-refractivity contribution in [2.24, 2.45) is 7.05 Å². The van der Waals surface area contributed by atoms with Crippen molar-refractivity contribution in [3.63, 3.8) is 0 Å². The molecular weight excluding hydrogens is 394 g/mol. The topological polar surface area (TPSA) is 118 Å². The van der Waals surface area contributed by atoms with Gasteiger partial charge in [0.05, 0.1) is 11.1 Å². The van der Waals surface area contributed by atoms with Crippen molar-refractivity contribution >= 4 is 5.95 Å². The lowest BCUT2D eigenvalue weighted by Crippen LogP contribution is -2.36. The summed E-state index contributed by atoms with van der Waals surface area (Å²) in [6, 6.07) is 10.3. The molecule has 0 amide bonds. The molecule has 31 heavy (non-hydrogen) atoms. The predicted octanol–water partition coefficient (Wildman–Crippen LogP) is 2.91. The number of benzene rings is 1. The molecule has 1 aromatic carbocycles. The third-order valence-corrected chi connectivity index (χ3v) is 5.86. The van der Waals surface area contributed by atoms with Gasteiger partial charge in [0.15, 0.2) is 5.82 Å². The van der Waals surface area contributed by atoms with E-state index in [2.05, 4.69) is 44.5 Å². The van der Waals surface area contributed by atoms with Crippen LogP contribution in [0.2, 0.25) is 0 Å². The van der Waals surface area contributed by atoms with Gasteiger partial charge in [-0.15, -0.1) is 0 Å². The summed E-state index contributed by atoms with van der Waals surface area (Å²) in [7, 11) is 1.87. The summed E-state index contributed by atoms with van der Waals surface area (Å²) < 4.78 is 13.1. The number of nitrogen functional groups attached to an aromatic ring is 1. The molecule has 0 spiro atoms. The standard InChI is InChI=1S/C22H23N7O2/c1-14-11-18(29(2)27-14)19-26-20(28-31-19)22(7-9-30-10-8-22)17-5-3-15(4-6-17)16-12-24-21(23)25-13-16/h3-6,11-13H,7-10H2,1-2H3,(H2,23,24,25). The van der Waals surface area contributed by atoms with Gasteiger partial charge in [0, 0.05) is 38.2 Å². The zero-order valence-corrected chi connectivity index (χ0v) is 17.4. The average molecular weight is 417 g/mol. The lowest BCUT2D eigenvalue weighted by atomic mass is 9.73. The number of aryl methyl sites for hydroxylation is 2. The fourth-order valence-corrected chi connectivity index (χ4v) is 4.16. The van der Waals surface area contributed by atoms with Crippen LogP contribution in [0.15, 0.2) is 47.2 Å². The van der Waals surface area contributed by atoms with E-state index in [-0.39, 0.29) is 11.4 Å². The third kappa shape index (κ3) is 3.46. The van der Waals surface area contributed by atoms with Crippen LogP contribution in [-0.2, 0) is 17.2 Å². The maximum absolute atomic E-state index is 5.66. The molecule has 0 aliphatic carbocycles. The van der Waals surface area contributed by atoms with Gasteiger partial charge in [-0.25, -0.2) is 9.97 Å². The molecule has 4 aromatic rings. The van der Waals surface area contributed by atoms with E-state index in [1.54, 1.807) is 17.1 Å². The van der Waals surface area contributed by atoms with E-state index in [4.69, 9.17) is 20.0 Å². The van der Waals surface area contributed by atoms with Gasteiger partial charge in [-0.3, -0.25) is 4.68 Å². The van der Waals surface area contributed by atoms with E-state index in [1.807, 2.05) is 20.0 Å². The van der Waals surface area contributed by atoms with Gasteiger partial charge in [-0.05, 0) is 37.0 Å². The minimum absolute atomic E-state index is 0.262. The van der Waals surface area contributed by atoms with E-state index in [0.29, 0.717) is 24.9 Å². The van der Waals surface area contributed by atoms with Crippen molar-refractivity contribution in [2.75, 3.05) is 18.9 Å². The molecule has 9 nitrogen and oxygen atoms in total. The Balaban J connectivity index is 1.52. The molecular formula is C22H23N7O2. The molecule has 5 rings (SSSR count). The monoisotopic (exact) mass is 417 g/mol. The summed E-state index contributed by atoms with van der Waals surface area (Å²) in [6.07, 6.45) is 5.01. The summed E-state index contributed by atoms with van der Waals surface area (Å²) in [6.45, 7) is 3.22. The van der Waals surface area contributed by atoms with Crippen molar-refractivity contribution in [1.82, 2.24) is 29.9 Å². The molecule has 0 radical (unpaired) electrons. The van der Waals surface area contributed by atoms with Crippen LogP contribution in [0, 0.1) is 6.92 Å². The number of hydrogen-bond acceptors (Lipinski definition) is 8. The van der Waals surface area contributed by atoms with Gasteiger partial charge in [0.1, 0.15) is 5.69 Å². The highest BCUT2D eigenvalue weighted by atomic mass is 16.5. The van der Waals surface area contributed by atoms with Crippen molar-refractivity contribution in [3.05, 3.63) is 59.8 Å². The first kappa shape index (κ1) is 19.4. The van der Waals surface area contributed by atoms with Crippen LogP contribution in [0.25, 0.3) is 22.7 Å².